The fourth-order valence-corrected chi connectivity index (χ4v) is 5.71. The molecule has 0 N–H and O–H groups in total. The Morgan fingerprint density at radius 1 is 0.625 bits per heavy atom. The molecule has 0 fully saturated rings. The van der Waals surface area contributed by atoms with Crippen molar-refractivity contribution in [1.29, 1.82) is 0 Å². The lowest BCUT2D eigenvalue weighted by Gasteiger charge is -2.24. The van der Waals surface area contributed by atoms with Gasteiger partial charge in [-0.3, -0.25) is 14.6 Å². The van der Waals surface area contributed by atoms with Gasteiger partial charge in [-0.1, -0.05) is 118 Å². The molecule has 0 aromatic heterocycles. The first-order valence-corrected chi connectivity index (χ1v) is 20.4. The number of carbonyl (C=O) groups is 2. The van der Waals surface area contributed by atoms with Crippen molar-refractivity contribution in [3.05, 3.63) is 12.4 Å². The summed E-state index contributed by atoms with van der Waals surface area (Å²) in [5, 5.41) is 0. The van der Waals surface area contributed by atoms with Gasteiger partial charge in [-0.05, 0) is 84.1 Å². The molecule has 284 valence electrons. The van der Waals surface area contributed by atoms with Crippen LogP contribution in [0.25, 0.3) is 0 Å². The van der Waals surface area contributed by atoms with Crippen LogP contribution in [0.1, 0.15) is 183 Å². The zero-order valence-electron chi connectivity index (χ0n) is 32.9. The van der Waals surface area contributed by atoms with Gasteiger partial charge in [0.15, 0.2) is 0 Å². The third kappa shape index (κ3) is 35.4. The molecule has 7 nitrogen and oxygen atoms in total. The topological polar surface area (TPSA) is 71.4 Å². The lowest BCUT2D eigenvalue weighted by molar-refractivity contribution is -0.144. The van der Waals surface area contributed by atoms with Gasteiger partial charge in [-0.2, -0.15) is 0 Å². The SMILES string of the molecule is C=N/C=C\N(CC)CCCN(CCCCCCOC(=O)CCCCCCCC)CCCCCCOC(=O)CCC(C)CCCCC.CC. The molecule has 7 heteroatoms. The standard InChI is InChI=1S/C39H75N3O4.C2H6/c1-6-9-11-12-13-19-26-38(43)45-35-22-16-14-20-30-42(33-24-32-41(8-3)34-29-40-5)31-21-15-17-23-36-46-39(44)28-27-37(4)25-18-10-7-2;1-2/h29,34,37H,5-28,30-33,35-36H2,1-4H3;1-2H3/b34-29-;. The first kappa shape index (κ1) is 48.2. The van der Waals surface area contributed by atoms with Crippen molar-refractivity contribution in [2.24, 2.45) is 10.9 Å². The van der Waals surface area contributed by atoms with Crippen molar-refractivity contribution in [3.8, 4) is 0 Å². The molecule has 1 atom stereocenters. The van der Waals surface area contributed by atoms with Crippen LogP contribution in [0.2, 0.25) is 0 Å². The largest absolute Gasteiger partial charge is 0.466 e. The van der Waals surface area contributed by atoms with Gasteiger partial charge in [0.25, 0.3) is 0 Å². The van der Waals surface area contributed by atoms with Gasteiger partial charge in [-0.25, -0.2) is 0 Å². The van der Waals surface area contributed by atoms with Crippen molar-refractivity contribution >= 4 is 18.7 Å². The van der Waals surface area contributed by atoms with Gasteiger partial charge in [0.2, 0.25) is 0 Å². The molecule has 0 aromatic carbocycles. The quantitative estimate of drug-likeness (QED) is 0.0377. The van der Waals surface area contributed by atoms with Gasteiger partial charge < -0.3 is 19.3 Å². The molecule has 0 heterocycles. The molecule has 0 radical (unpaired) electrons. The fourth-order valence-electron chi connectivity index (χ4n) is 5.71. The van der Waals surface area contributed by atoms with Gasteiger partial charge in [0, 0.05) is 38.3 Å². The fraction of sp³-hybridized carbons (Fsp3) is 0.878. The molecule has 0 amide bonds. The lowest BCUT2D eigenvalue weighted by Crippen LogP contribution is -2.30. The Morgan fingerprint density at radius 3 is 1.71 bits per heavy atom. The molecule has 0 saturated carbocycles. The summed E-state index contributed by atoms with van der Waals surface area (Å²) >= 11 is 0. The minimum absolute atomic E-state index is 0.0255. The number of ether oxygens (including phenoxy) is 2. The summed E-state index contributed by atoms with van der Waals surface area (Å²) < 4.78 is 11.0. The molecule has 0 bridgehead atoms. The van der Waals surface area contributed by atoms with Crippen LogP contribution < -0.4 is 0 Å². The summed E-state index contributed by atoms with van der Waals surface area (Å²) in [6.45, 7) is 22.8. The molecule has 0 aliphatic carbocycles. The van der Waals surface area contributed by atoms with Crippen LogP contribution >= 0.6 is 0 Å². The van der Waals surface area contributed by atoms with Crippen molar-refractivity contribution < 1.29 is 19.1 Å². The molecule has 0 aliphatic rings. The second-order valence-electron chi connectivity index (χ2n) is 13.2. The average Bonchev–Trinajstić information content (AvgIpc) is 3.10. The Labute approximate surface area is 299 Å². The number of nitrogens with zero attached hydrogens (tertiary/aromatic N) is 3. The zero-order valence-corrected chi connectivity index (χ0v) is 32.9. The maximum absolute atomic E-state index is 12.1. The van der Waals surface area contributed by atoms with E-state index in [-0.39, 0.29) is 11.9 Å². The summed E-state index contributed by atoms with van der Waals surface area (Å²) in [6.07, 6.45) is 28.0. The highest BCUT2D eigenvalue weighted by molar-refractivity contribution is 5.69. The van der Waals surface area contributed by atoms with Crippen LogP contribution in [0.15, 0.2) is 17.4 Å². The third-order valence-electron chi connectivity index (χ3n) is 8.85. The second-order valence-corrected chi connectivity index (χ2v) is 13.2. The number of unbranched alkanes of at least 4 members (excludes halogenated alkanes) is 13. The van der Waals surface area contributed by atoms with E-state index in [1.54, 1.807) is 6.20 Å². The van der Waals surface area contributed by atoms with Crippen LogP contribution in [0.4, 0.5) is 0 Å². The normalized spacial score (nSPS) is 11.7. The number of aliphatic imine (C=N–C) groups is 1. The number of rotatable bonds is 35. The van der Waals surface area contributed by atoms with Gasteiger partial charge in [-0.15, -0.1) is 0 Å². The monoisotopic (exact) mass is 680 g/mol. The number of esters is 2. The Kier molecular flexibility index (Phi) is 39.7. The Bertz CT molecular complexity index is 730. The predicted molar refractivity (Wildman–Crippen MR) is 208 cm³/mol. The Morgan fingerprint density at radius 2 is 1.12 bits per heavy atom. The van der Waals surface area contributed by atoms with E-state index in [0.29, 0.717) is 32.0 Å². The summed E-state index contributed by atoms with van der Waals surface area (Å²) in [5.41, 5.74) is 0. The van der Waals surface area contributed by atoms with E-state index in [4.69, 9.17) is 9.47 Å². The van der Waals surface area contributed by atoms with E-state index in [1.165, 1.54) is 77.0 Å². The maximum Gasteiger partial charge on any atom is 0.305 e. The molecular formula is C41H81N3O4. The van der Waals surface area contributed by atoms with Crippen molar-refractivity contribution in [1.82, 2.24) is 9.80 Å². The number of hydrogen-bond donors (Lipinski definition) is 0. The highest BCUT2D eigenvalue weighted by Crippen LogP contribution is 2.15. The molecule has 48 heavy (non-hydrogen) atoms. The Balaban J connectivity index is 0. The van der Waals surface area contributed by atoms with Gasteiger partial charge in [0.05, 0.1) is 13.2 Å². The highest BCUT2D eigenvalue weighted by atomic mass is 16.5. The van der Waals surface area contributed by atoms with Crippen LogP contribution in [0.5, 0.6) is 0 Å². The summed E-state index contributed by atoms with van der Waals surface area (Å²) in [5.74, 6) is 0.555. The second kappa shape index (κ2) is 39.5. The first-order valence-electron chi connectivity index (χ1n) is 20.4. The smallest absolute Gasteiger partial charge is 0.305 e. The van der Waals surface area contributed by atoms with E-state index in [0.717, 1.165) is 84.1 Å². The molecule has 0 spiro atoms. The van der Waals surface area contributed by atoms with E-state index < -0.39 is 0 Å². The lowest BCUT2D eigenvalue weighted by atomic mass is 9.98. The summed E-state index contributed by atoms with van der Waals surface area (Å²) in [7, 11) is 0. The molecule has 0 rings (SSSR count). The van der Waals surface area contributed by atoms with Crippen molar-refractivity contribution in [3.63, 3.8) is 0 Å². The highest BCUT2D eigenvalue weighted by Gasteiger charge is 2.09. The third-order valence-corrected chi connectivity index (χ3v) is 8.85. The van der Waals surface area contributed by atoms with Gasteiger partial charge in [0.1, 0.15) is 0 Å². The van der Waals surface area contributed by atoms with Gasteiger partial charge >= 0.3 is 11.9 Å². The van der Waals surface area contributed by atoms with Crippen molar-refractivity contribution in [2.75, 3.05) is 45.9 Å². The van der Waals surface area contributed by atoms with E-state index in [9.17, 15) is 9.59 Å². The van der Waals surface area contributed by atoms with E-state index in [1.807, 2.05) is 20.0 Å². The van der Waals surface area contributed by atoms with Crippen LogP contribution in [-0.2, 0) is 19.1 Å². The average molecular weight is 680 g/mol. The maximum atomic E-state index is 12.1. The number of hydrogen-bond acceptors (Lipinski definition) is 7. The molecule has 0 aromatic rings. The molecule has 0 aliphatic heterocycles. The van der Waals surface area contributed by atoms with E-state index in [2.05, 4.69) is 49.2 Å². The van der Waals surface area contributed by atoms with E-state index >= 15 is 0 Å². The van der Waals surface area contributed by atoms with Crippen LogP contribution in [0, 0.1) is 5.92 Å². The Hall–Kier alpha value is -1.89. The number of carbonyl (C=O) groups excluding carboxylic acids is 2. The molecule has 1 unspecified atom stereocenters. The van der Waals surface area contributed by atoms with Crippen molar-refractivity contribution in [2.45, 2.75) is 183 Å². The zero-order chi connectivity index (χ0) is 35.9. The molecule has 0 saturated heterocycles. The van der Waals surface area contributed by atoms with Crippen LogP contribution in [0.3, 0.4) is 0 Å². The predicted octanol–water partition coefficient (Wildman–Crippen LogP) is 11.2. The summed E-state index contributed by atoms with van der Waals surface area (Å²) in [4.78, 5) is 32.8. The molecular weight excluding hydrogens is 598 g/mol. The van der Waals surface area contributed by atoms with Crippen LogP contribution in [-0.4, -0.2) is 74.4 Å². The first-order chi connectivity index (χ1) is 23.5. The summed E-state index contributed by atoms with van der Waals surface area (Å²) in [6, 6.07) is 0. The minimum atomic E-state index is -0.0281. The minimum Gasteiger partial charge on any atom is -0.466 e.